The molecule has 4 nitrogen and oxygen atoms in total. The van der Waals surface area contributed by atoms with Gasteiger partial charge in [-0.15, -0.1) is 0 Å². The third-order valence-corrected chi connectivity index (χ3v) is 3.42. The van der Waals surface area contributed by atoms with E-state index in [4.69, 9.17) is 5.84 Å². The van der Waals surface area contributed by atoms with Crippen molar-refractivity contribution in [2.24, 2.45) is 16.8 Å². The Kier molecular flexibility index (Phi) is 3.46. The fraction of sp³-hybridized carbons (Fsp3) is 0.909. The zero-order valence-corrected chi connectivity index (χ0v) is 9.50. The number of hydrazine groups is 1. The second-order valence-electron chi connectivity index (χ2n) is 4.87. The van der Waals surface area contributed by atoms with Crippen molar-refractivity contribution >= 4 is 5.96 Å². The average Bonchev–Trinajstić information content (AvgIpc) is 3.04. The third-order valence-electron chi connectivity index (χ3n) is 3.42. The quantitative estimate of drug-likeness (QED) is 0.277. The SMILES string of the molecule is CC1CCCCC1N=C(NN)NC1CC1. The molecule has 2 aliphatic rings. The zero-order valence-electron chi connectivity index (χ0n) is 9.50. The predicted molar refractivity (Wildman–Crippen MR) is 62.3 cm³/mol. The van der Waals surface area contributed by atoms with Gasteiger partial charge in [0, 0.05) is 6.04 Å². The van der Waals surface area contributed by atoms with Gasteiger partial charge in [0.2, 0.25) is 5.96 Å². The fourth-order valence-corrected chi connectivity index (χ4v) is 2.19. The molecule has 0 aromatic carbocycles. The van der Waals surface area contributed by atoms with Crippen molar-refractivity contribution in [1.82, 2.24) is 10.7 Å². The highest BCUT2D eigenvalue weighted by Crippen LogP contribution is 2.26. The van der Waals surface area contributed by atoms with Gasteiger partial charge < -0.3 is 5.32 Å². The summed E-state index contributed by atoms with van der Waals surface area (Å²) in [5, 5.41) is 3.32. The number of aliphatic imine (C=N–C) groups is 1. The molecule has 0 saturated heterocycles. The van der Waals surface area contributed by atoms with Crippen molar-refractivity contribution in [2.45, 2.75) is 57.5 Å². The molecule has 0 amide bonds. The lowest BCUT2D eigenvalue weighted by atomic mass is 9.86. The maximum absolute atomic E-state index is 5.47. The monoisotopic (exact) mass is 210 g/mol. The maximum Gasteiger partial charge on any atom is 0.206 e. The van der Waals surface area contributed by atoms with Gasteiger partial charge in [-0.25, -0.2) is 10.8 Å². The van der Waals surface area contributed by atoms with E-state index in [1.807, 2.05) is 0 Å². The van der Waals surface area contributed by atoms with E-state index in [0.717, 1.165) is 5.96 Å². The van der Waals surface area contributed by atoms with Gasteiger partial charge in [0.15, 0.2) is 0 Å². The maximum atomic E-state index is 5.47. The largest absolute Gasteiger partial charge is 0.353 e. The number of nitrogens with one attached hydrogen (secondary N) is 2. The Morgan fingerprint density at radius 3 is 2.53 bits per heavy atom. The standard InChI is InChI=1S/C11H22N4/c1-8-4-2-3-5-10(8)14-11(15-12)13-9-6-7-9/h8-10H,2-7,12H2,1H3,(H2,13,14,15). The van der Waals surface area contributed by atoms with Crippen LogP contribution >= 0.6 is 0 Å². The molecule has 2 saturated carbocycles. The van der Waals surface area contributed by atoms with E-state index in [0.29, 0.717) is 18.0 Å². The molecule has 2 fully saturated rings. The second-order valence-corrected chi connectivity index (χ2v) is 4.87. The van der Waals surface area contributed by atoms with Crippen molar-refractivity contribution < 1.29 is 0 Å². The molecule has 86 valence electrons. The Bertz CT molecular complexity index is 235. The van der Waals surface area contributed by atoms with E-state index in [1.165, 1.54) is 38.5 Å². The molecule has 4 N–H and O–H groups in total. The average molecular weight is 210 g/mol. The molecule has 0 aromatic rings. The summed E-state index contributed by atoms with van der Waals surface area (Å²) < 4.78 is 0. The van der Waals surface area contributed by atoms with Crippen LogP contribution in [0.4, 0.5) is 0 Å². The van der Waals surface area contributed by atoms with Crippen LogP contribution in [0.25, 0.3) is 0 Å². The van der Waals surface area contributed by atoms with Crippen LogP contribution in [0.1, 0.15) is 45.4 Å². The molecule has 4 heteroatoms. The Morgan fingerprint density at radius 1 is 1.20 bits per heavy atom. The minimum absolute atomic E-state index is 0.455. The van der Waals surface area contributed by atoms with Crippen LogP contribution < -0.4 is 16.6 Å². The Hall–Kier alpha value is -0.770. The minimum atomic E-state index is 0.455. The van der Waals surface area contributed by atoms with Gasteiger partial charge in [-0.05, 0) is 31.6 Å². The zero-order chi connectivity index (χ0) is 10.7. The molecular formula is C11H22N4. The number of rotatable bonds is 2. The Morgan fingerprint density at radius 2 is 1.93 bits per heavy atom. The molecule has 0 bridgehead atoms. The van der Waals surface area contributed by atoms with Crippen molar-refractivity contribution in [1.29, 1.82) is 0 Å². The van der Waals surface area contributed by atoms with Crippen LogP contribution in [0.15, 0.2) is 4.99 Å². The van der Waals surface area contributed by atoms with Crippen LogP contribution in [0, 0.1) is 5.92 Å². The van der Waals surface area contributed by atoms with E-state index in [1.54, 1.807) is 0 Å². The first-order valence-electron chi connectivity index (χ1n) is 6.10. The summed E-state index contributed by atoms with van der Waals surface area (Å²) >= 11 is 0. The number of nitrogens with two attached hydrogens (primary N) is 1. The van der Waals surface area contributed by atoms with Crippen molar-refractivity contribution in [3.8, 4) is 0 Å². The number of hydrogen-bond acceptors (Lipinski definition) is 2. The highest BCUT2D eigenvalue weighted by molar-refractivity contribution is 5.80. The van der Waals surface area contributed by atoms with Crippen LogP contribution in [-0.4, -0.2) is 18.0 Å². The first kappa shape index (κ1) is 10.7. The molecule has 0 radical (unpaired) electrons. The number of nitrogens with zero attached hydrogens (tertiary/aromatic N) is 1. The molecule has 2 rings (SSSR count). The third kappa shape index (κ3) is 3.09. The molecule has 0 spiro atoms. The van der Waals surface area contributed by atoms with Crippen molar-refractivity contribution in [3.05, 3.63) is 0 Å². The van der Waals surface area contributed by atoms with Crippen molar-refractivity contribution in [3.63, 3.8) is 0 Å². The van der Waals surface area contributed by atoms with Gasteiger partial charge >= 0.3 is 0 Å². The topological polar surface area (TPSA) is 62.4 Å². The summed E-state index contributed by atoms with van der Waals surface area (Å²) in [7, 11) is 0. The highest BCUT2D eigenvalue weighted by atomic mass is 15.3. The van der Waals surface area contributed by atoms with Crippen LogP contribution in [-0.2, 0) is 0 Å². The summed E-state index contributed by atoms with van der Waals surface area (Å²) in [6.07, 6.45) is 7.67. The first-order chi connectivity index (χ1) is 7.29. The van der Waals surface area contributed by atoms with Gasteiger partial charge in [-0.3, -0.25) is 5.43 Å². The molecule has 2 atom stereocenters. The molecule has 0 aromatic heterocycles. The molecular weight excluding hydrogens is 188 g/mol. The van der Waals surface area contributed by atoms with Gasteiger partial charge in [0.05, 0.1) is 6.04 Å². The number of guanidine groups is 1. The summed E-state index contributed by atoms with van der Waals surface area (Å²) in [5.41, 5.74) is 2.68. The highest BCUT2D eigenvalue weighted by Gasteiger charge is 2.24. The van der Waals surface area contributed by atoms with E-state index in [9.17, 15) is 0 Å². The summed E-state index contributed by atoms with van der Waals surface area (Å²) in [5.74, 6) is 6.95. The van der Waals surface area contributed by atoms with Crippen LogP contribution in [0.5, 0.6) is 0 Å². The molecule has 2 unspecified atom stereocenters. The van der Waals surface area contributed by atoms with Gasteiger partial charge in [-0.1, -0.05) is 19.8 Å². The summed E-state index contributed by atoms with van der Waals surface area (Å²) in [4.78, 5) is 4.68. The lowest BCUT2D eigenvalue weighted by Crippen LogP contribution is -2.44. The van der Waals surface area contributed by atoms with E-state index in [2.05, 4.69) is 22.7 Å². The lowest BCUT2D eigenvalue weighted by Gasteiger charge is -2.26. The smallest absolute Gasteiger partial charge is 0.206 e. The first-order valence-corrected chi connectivity index (χ1v) is 6.10. The summed E-state index contributed by atoms with van der Waals surface area (Å²) in [6.45, 7) is 2.29. The molecule has 0 heterocycles. The molecule has 2 aliphatic carbocycles. The van der Waals surface area contributed by atoms with Crippen LogP contribution in [0.2, 0.25) is 0 Å². The minimum Gasteiger partial charge on any atom is -0.353 e. The lowest BCUT2D eigenvalue weighted by molar-refractivity contribution is 0.331. The van der Waals surface area contributed by atoms with Gasteiger partial charge in [0.25, 0.3) is 0 Å². The van der Waals surface area contributed by atoms with Gasteiger partial charge in [0.1, 0.15) is 0 Å². The van der Waals surface area contributed by atoms with E-state index >= 15 is 0 Å². The van der Waals surface area contributed by atoms with Crippen LogP contribution in [0.3, 0.4) is 0 Å². The Labute approximate surface area is 91.7 Å². The Balaban J connectivity index is 1.91. The van der Waals surface area contributed by atoms with Crippen molar-refractivity contribution in [2.75, 3.05) is 0 Å². The normalized spacial score (nSPS) is 32.5. The fourth-order valence-electron chi connectivity index (χ4n) is 2.19. The number of hydrogen-bond donors (Lipinski definition) is 3. The van der Waals surface area contributed by atoms with E-state index in [-0.39, 0.29) is 0 Å². The second kappa shape index (κ2) is 4.84. The predicted octanol–water partition coefficient (Wildman–Crippen LogP) is 1.14. The van der Waals surface area contributed by atoms with E-state index < -0.39 is 0 Å². The molecule has 0 aliphatic heterocycles. The van der Waals surface area contributed by atoms with Gasteiger partial charge in [-0.2, -0.15) is 0 Å². The molecule has 15 heavy (non-hydrogen) atoms. The summed E-state index contributed by atoms with van der Waals surface area (Å²) in [6, 6.07) is 1.06.